The number of amides is 1. The summed E-state index contributed by atoms with van der Waals surface area (Å²) in [6.07, 6.45) is 0. The monoisotopic (exact) mass is 330 g/mol. The number of halogens is 1. The lowest BCUT2D eigenvalue weighted by Crippen LogP contribution is -2.36. The Labute approximate surface area is 141 Å². The molecular formula is C18H19ClN2O2. The highest BCUT2D eigenvalue weighted by Gasteiger charge is 2.11. The van der Waals surface area contributed by atoms with E-state index in [0.29, 0.717) is 17.1 Å². The molecule has 0 saturated carbocycles. The number of carbonyl (C=O) groups excluding carboxylic acids is 1. The second-order valence-corrected chi connectivity index (χ2v) is 5.89. The first-order chi connectivity index (χ1) is 11.2. The molecule has 0 unspecified atom stereocenters. The summed E-state index contributed by atoms with van der Waals surface area (Å²) in [6.45, 7) is 3.90. The number of ether oxygens (including phenoxy) is 1. The van der Waals surface area contributed by atoms with Gasteiger partial charge in [0.1, 0.15) is 0 Å². The zero-order valence-corrected chi connectivity index (χ0v) is 13.6. The molecule has 3 rings (SSSR count). The number of nitrogens with one attached hydrogen (secondary N) is 1. The van der Waals surface area contributed by atoms with Gasteiger partial charge in [0.2, 0.25) is 0 Å². The third-order valence-electron chi connectivity index (χ3n) is 3.87. The Kier molecular flexibility index (Phi) is 5.16. The van der Waals surface area contributed by atoms with Crippen LogP contribution in [0.3, 0.4) is 0 Å². The van der Waals surface area contributed by atoms with Crippen molar-refractivity contribution >= 4 is 23.2 Å². The molecule has 0 aromatic heterocycles. The highest BCUT2D eigenvalue weighted by atomic mass is 35.5. The first-order valence-electron chi connectivity index (χ1n) is 7.68. The molecule has 1 aliphatic rings. The number of morpholine rings is 1. The van der Waals surface area contributed by atoms with Crippen molar-refractivity contribution in [1.29, 1.82) is 0 Å². The maximum atomic E-state index is 12.1. The molecular weight excluding hydrogens is 312 g/mol. The van der Waals surface area contributed by atoms with Crippen LogP contribution >= 0.6 is 11.6 Å². The van der Waals surface area contributed by atoms with E-state index in [-0.39, 0.29) is 5.91 Å². The van der Waals surface area contributed by atoms with Crippen LogP contribution < -0.4 is 10.2 Å². The van der Waals surface area contributed by atoms with Crippen LogP contribution in [0.2, 0.25) is 5.02 Å². The van der Waals surface area contributed by atoms with Crippen molar-refractivity contribution in [2.75, 3.05) is 31.2 Å². The molecule has 1 heterocycles. The summed E-state index contributed by atoms with van der Waals surface area (Å²) in [5.41, 5.74) is 2.88. The van der Waals surface area contributed by atoms with E-state index < -0.39 is 0 Å². The minimum absolute atomic E-state index is 0.0982. The molecule has 120 valence electrons. The molecule has 0 aliphatic carbocycles. The molecule has 23 heavy (non-hydrogen) atoms. The number of hydrogen-bond donors (Lipinski definition) is 1. The van der Waals surface area contributed by atoms with Gasteiger partial charge in [-0.25, -0.2) is 0 Å². The molecule has 5 heteroatoms. The molecule has 4 nitrogen and oxygen atoms in total. The van der Waals surface area contributed by atoms with Gasteiger partial charge in [-0.3, -0.25) is 4.79 Å². The molecule has 1 N–H and O–H groups in total. The highest BCUT2D eigenvalue weighted by Crippen LogP contribution is 2.16. The fourth-order valence-electron chi connectivity index (χ4n) is 2.53. The number of rotatable bonds is 4. The van der Waals surface area contributed by atoms with Gasteiger partial charge in [-0.05, 0) is 42.0 Å². The molecule has 2 aromatic rings. The summed E-state index contributed by atoms with van der Waals surface area (Å²) in [7, 11) is 0. The molecule has 0 bridgehead atoms. The first-order valence-corrected chi connectivity index (χ1v) is 8.05. The Morgan fingerprint density at radius 3 is 2.35 bits per heavy atom. The standard InChI is InChI=1S/C18H19ClN2O2/c19-16-5-3-15(4-6-16)18(22)20-13-14-1-7-17(8-2-14)21-9-11-23-12-10-21/h1-8H,9-13H2,(H,20,22). The molecule has 0 spiro atoms. The minimum atomic E-state index is -0.0982. The zero-order chi connectivity index (χ0) is 16.1. The summed E-state index contributed by atoms with van der Waals surface area (Å²) in [6, 6.07) is 15.2. The van der Waals surface area contributed by atoms with Crippen molar-refractivity contribution in [3.05, 3.63) is 64.7 Å². The lowest BCUT2D eigenvalue weighted by molar-refractivity contribution is 0.0951. The second-order valence-electron chi connectivity index (χ2n) is 5.46. The van der Waals surface area contributed by atoms with E-state index in [1.807, 2.05) is 12.1 Å². The minimum Gasteiger partial charge on any atom is -0.378 e. The topological polar surface area (TPSA) is 41.6 Å². The molecule has 1 aliphatic heterocycles. The maximum Gasteiger partial charge on any atom is 0.251 e. The van der Waals surface area contributed by atoms with E-state index in [9.17, 15) is 4.79 Å². The van der Waals surface area contributed by atoms with Crippen molar-refractivity contribution in [2.24, 2.45) is 0 Å². The van der Waals surface area contributed by atoms with E-state index in [0.717, 1.165) is 31.9 Å². The van der Waals surface area contributed by atoms with Crippen molar-refractivity contribution in [1.82, 2.24) is 5.32 Å². The highest BCUT2D eigenvalue weighted by molar-refractivity contribution is 6.30. The Bertz CT molecular complexity index is 650. The Balaban J connectivity index is 1.55. The van der Waals surface area contributed by atoms with Crippen LogP contribution in [0.4, 0.5) is 5.69 Å². The van der Waals surface area contributed by atoms with Crippen LogP contribution in [-0.2, 0) is 11.3 Å². The largest absolute Gasteiger partial charge is 0.378 e. The van der Waals surface area contributed by atoms with Gasteiger partial charge in [-0.15, -0.1) is 0 Å². The van der Waals surface area contributed by atoms with E-state index in [1.165, 1.54) is 5.69 Å². The first kappa shape index (κ1) is 15.8. The van der Waals surface area contributed by atoms with E-state index >= 15 is 0 Å². The van der Waals surface area contributed by atoms with Crippen LogP contribution in [0.1, 0.15) is 15.9 Å². The van der Waals surface area contributed by atoms with Crippen LogP contribution in [0.15, 0.2) is 48.5 Å². The SMILES string of the molecule is O=C(NCc1ccc(N2CCOCC2)cc1)c1ccc(Cl)cc1. The van der Waals surface area contributed by atoms with E-state index in [2.05, 4.69) is 22.3 Å². The molecule has 2 aromatic carbocycles. The predicted molar refractivity (Wildman–Crippen MR) is 92.1 cm³/mol. The maximum absolute atomic E-state index is 12.1. The number of anilines is 1. The van der Waals surface area contributed by atoms with Gasteiger partial charge in [0.15, 0.2) is 0 Å². The van der Waals surface area contributed by atoms with Crippen molar-refractivity contribution in [3.8, 4) is 0 Å². The van der Waals surface area contributed by atoms with Crippen molar-refractivity contribution in [2.45, 2.75) is 6.54 Å². The smallest absolute Gasteiger partial charge is 0.251 e. The van der Waals surface area contributed by atoms with Crippen molar-refractivity contribution in [3.63, 3.8) is 0 Å². The lowest BCUT2D eigenvalue weighted by Gasteiger charge is -2.28. The second kappa shape index (κ2) is 7.49. The van der Waals surface area contributed by atoms with E-state index in [1.54, 1.807) is 24.3 Å². The van der Waals surface area contributed by atoms with Crippen LogP contribution in [0.5, 0.6) is 0 Å². The van der Waals surface area contributed by atoms with Gasteiger partial charge < -0.3 is 15.0 Å². The van der Waals surface area contributed by atoms with Gasteiger partial charge in [0.25, 0.3) is 5.91 Å². The van der Waals surface area contributed by atoms with Crippen LogP contribution in [0.25, 0.3) is 0 Å². The van der Waals surface area contributed by atoms with Gasteiger partial charge in [0, 0.05) is 35.9 Å². The quantitative estimate of drug-likeness (QED) is 0.936. The summed E-state index contributed by atoms with van der Waals surface area (Å²) < 4.78 is 5.36. The fraction of sp³-hybridized carbons (Fsp3) is 0.278. The normalized spacial score (nSPS) is 14.6. The molecule has 0 radical (unpaired) electrons. The Hall–Kier alpha value is -2.04. The number of nitrogens with zero attached hydrogens (tertiary/aromatic N) is 1. The predicted octanol–water partition coefficient (Wildman–Crippen LogP) is 3.11. The Morgan fingerprint density at radius 2 is 1.70 bits per heavy atom. The average Bonchev–Trinajstić information content (AvgIpc) is 2.61. The van der Waals surface area contributed by atoms with Gasteiger partial charge in [0.05, 0.1) is 13.2 Å². The Morgan fingerprint density at radius 1 is 1.04 bits per heavy atom. The molecule has 1 amide bonds. The summed E-state index contributed by atoms with van der Waals surface area (Å²) in [4.78, 5) is 14.4. The van der Waals surface area contributed by atoms with E-state index in [4.69, 9.17) is 16.3 Å². The summed E-state index contributed by atoms with van der Waals surface area (Å²) in [5, 5.41) is 3.54. The fourth-order valence-corrected chi connectivity index (χ4v) is 2.66. The lowest BCUT2D eigenvalue weighted by atomic mass is 10.1. The summed E-state index contributed by atoms with van der Waals surface area (Å²) >= 11 is 5.82. The van der Waals surface area contributed by atoms with Crippen LogP contribution in [-0.4, -0.2) is 32.2 Å². The van der Waals surface area contributed by atoms with Crippen LogP contribution in [0, 0.1) is 0 Å². The third-order valence-corrected chi connectivity index (χ3v) is 4.12. The van der Waals surface area contributed by atoms with Gasteiger partial charge in [-0.2, -0.15) is 0 Å². The third kappa shape index (κ3) is 4.24. The average molecular weight is 331 g/mol. The summed E-state index contributed by atoms with van der Waals surface area (Å²) in [5.74, 6) is -0.0982. The zero-order valence-electron chi connectivity index (χ0n) is 12.8. The number of hydrogen-bond acceptors (Lipinski definition) is 3. The molecule has 1 saturated heterocycles. The number of carbonyl (C=O) groups is 1. The van der Waals surface area contributed by atoms with Gasteiger partial charge in [-0.1, -0.05) is 23.7 Å². The van der Waals surface area contributed by atoms with Gasteiger partial charge >= 0.3 is 0 Å². The molecule has 0 atom stereocenters. The molecule has 1 fully saturated rings. The van der Waals surface area contributed by atoms with Crippen molar-refractivity contribution < 1.29 is 9.53 Å². The number of benzene rings is 2.